The normalized spacial score (nSPS) is 24.8. The van der Waals surface area contributed by atoms with Gasteiger partial charge in [0.25, 0.3) is 11.8 Å². The number of pyridine rings is 1. The lowest BCUT2D eigenvalue weighted by atomic mass is 9.97. The van der Waals surface area contributed by atoms with Gasteiger partial charge < -0.3 is 19.4 Å². The fourth-order valence-corrected chi connectivity index (χ4v) is 7.03. The van der Waals surface area contributed by atoms with E-state index >= 15 is 4.39 Å². The van der Waals surface area contributed by atoms with E-state index in [0.717, 1.165) is 0 Å². The summed E-state index contributed by atoms with van der Waals surface area (Å²) in [5.41, 5.74) is -0.518. The average Bonchev–Trinajstić information content (AvgIpc) is 3.16. The number of benzene rings is 1. The number of alkyl halides is 2. The summed E-state index contributed by atoms with van der Waals surface area (Å²) in [4.78, 5) is 38.3. The van der Waals surface area contributed by atoms with Crippen LogP contribution in [0.3, 0.4) is 0 Å². The number of likely N-dealkylation sites (tertiary alicyclic amines) is 1. The number of amides is 2. The molecule has 8 nitrogen and oxygen atoms in total. The number of rotatable bonds is 4. The molecular formula is C29H30Cl2F3N5O3. The van der Waals surface area contributed by atoms with Crippen LogP contribution in [0.4, 0.5) is 19.0 Å². The minimum atomic E-state index is -2.73. The lowest BCUT2D eigenvalue weighted by molar-refractivity contribution is -0.143. The largest absolute Gasteiger partial charge is 0.489 e. The Morgan fingerprint density at radius 2 is 1.88 bits per heavy atom. The van der Waals surface area contributed by atoms with E-state index in [4.69, 9.17) is 32.9 Å². The van der Waals surface area contributed by atoms with E-state index in [9.17, 15) is 18.4 Å². The molecule has 13 heteroatoms. The first kappa shape index (κ1) is 29.1. The Balaban J connectivity index is 1.48. The third kappa shape index (κ3) is 4.79. The van der Waals surface area contributed by atoms with Crippen molar-refractivity contribution < 1.29 is 27.5 Å². The lowest BCUT2D eigenvalue weighted by Gasteiger charge is -2.42. The molecule has 2 aromatic rings. The Kier molecular flexibility index (Phi) is 7.14. The van der Waals surface area contributed by atoms with Crippen molar-refractivity contribution in [2.75, 3.05) is 50.8 Å². The van der Waals surface area contributed by atoms with Crippen LogP contribution in [0.15, 0.2) is 30.9 Å². The molecule has 42 heavy (non-hydrogen) atoms. The molecule has 1 aromatic heterocycles. The number of anilines is 1. The SMILES string of the molecule is C=CC(=O)N1CCN2C(=O)c3c(N4CC(N5CC(F)(F)C5)CC4(C)C)nc(-c4c(F)cccc4Cl)c(Cl)c3OCC2C1. The van der Waals surface area contributed by atoms with Crippen LogP contribution in [0.25, 0.3) is 11.3 Å². The number of ether oxygens (including phenoxy) is 1. The van der Waals surface area contributed by atoms with Gasteiger partial charge in [0.15, 0.2) is 5.75 Å². The zero-order chi connectivity index (χ0) is 30.1. The first-order valence-corrected chi connectivity index (χ1v) is 14.5. The van der Waals surface area contributed by atoms with Gasteiger partial charge in [-0.2, -0.15) is 0 Å². The number of hydrogen-bond donors (Lipinski definition) is 0. The van der Waals surface area contributed by atoms with Gasteiger partial charge in [0, 0.05) is 37.8 Å². The van der Waals surface area contributed by atoms with Crippen molar-refractivity contribution in [1.82, 2.24) is 19.7 Å². The molecule has 0 radical (unpaired) electrons. The summed E-state index contributed by atoms with van der Waals surface area (Å²) in [6.45, 7) is 7.93. The summed E-state index contributed by atoms with van der Waals surface area (Å²) in [7, 11) is 0. The number of piperazine rings is 1. The molecule has 0 bridgehead atoms. The summed E-state index contributed by atoms with van der Waals surface area (Å²) >= 11 is 13.3. The maximum atomic E-state index is 15.2. The average molecular weight is 624 g/mol. The van der Waals surface area contributed by atoms with Crippen LogP contribution in [-0.4, -0.2) is 101 Å². The molecule has 0 aliphatic carbocycles. The minimum absolute atomic E-state index is 0.0133. The van der Waals surface area contributed by atoms with Crippen molar-refractivity contribution >= 4 is 40.8 Å². The fraction of sp³-hybridized carbons (Fsp3) is 0.483. The van der Waals surface area contributed by atoms with Gasteiger partial charge in [0.1, 0.15) is 28.8 Å². The van der Waals surface area contributed by atoms with E-state index in [1.54, 1.807) is 14.7 Å². The van der Waals surface area contributed by atoms with Gasteiger partial charge in [-0.1, -0.05) is 35.8 Å². The Hall–Kier alpha value is -3.02. The highest BCUT2D eigenvalue weighted by Crippen LogP contribution is 2.48. The molecule has 2 amide bonds. The Bertz CT molecular complexity index is 1460. The predicted molar refractivity (Wildman–Crippen MR) is 153 cm³/mol. The molecule has 6 rings (SSSR count). The van der Waals surface area contributed by atoms with Crippen LogP contribution in [0.2, 0.25) is 10.0 Å². The Labute approximate surface area is 251 Å². The Morgan fingerprint density at radius 3 is 2.55 bits per heavy atom. The molecule has 3 fully saturated rings. The quantitative estimate of drug-likeness (QED) is 0.459. The maximum absolute atomic E-state index is 15.2. The molecule has 2 atom stereocenters. The second kappa shape index (κ2) is 10.3. The second-order valence-electron chi connectivity index (χ2n) is 11.9. The minimum Gasteiger partial charge on any atom is -0.489 e. The van der Waals surface area contributed by atoms with Crippen molar-refractivity contribution in [3.8, 4) is 17.0 Å². The number of carbonyl (C=O) groups excluding carboxylic acids is 2. The highest BCUT2D eigenvalue weighted by Gasteiger charge is 2.52. The van der Waals surface area contributed by atoms with Crippen molar-refractivity contribution in [3.05, 3.63) is 52.3 Å². The van der Waals surface area contributed by atoms with Crippen molar-refractivity contribution in [3.63, 3.8) is 0 Å². The van der Waals surface area contributed by atoms with Crippen LogP contribution in [0.1, 0.15) is 30.6 Å². The van der Waals surface area contributed by atoms with Crippen LogP contribution >= 0.6 is 23.2 Å². The number of carbonyl (C=O) groups is 2. The van der Waals surface area contributed by atoms with Gasteiger partial charge in [0.05, 0.1) is 35.4 Å². The lowest BCUT2D eigenvalue weighted by Crippen LogP contribution is -2.60. The van der Waals surface area contributed by atoms with Gasteiger partial charge >= 0.3 is 0 Å². The van der Waals surface area contributed by atoms with Gasteiger partial charge in [-0.25, -0.2) is 18.2 Å². The number of nitrogens with zero attached hydrogens (tertiary/aromatic N) is 5. The first-order valence-electron chi connectivity index (χ1n) is 13.7. The smallest absolute Gasteiger partial charge is 0.272 e. The fourth-order valence-electron chi connectivity index (χ4n) is 6.49. The number of fused-ring (bicyclic) bond motifs is 2. The first-order chi connectivity index (χ1) is 19.8. The van der Waals surface area contributed by atoms with Gasteiger partial charge in [-0.15, -0.1) is 0 Å². The topological polar surface area (TPSA) is 69.2 Å². The number of halogens is 5. The summed E-state index contributed by atoms with van der Waals surface area (Å²) < 4.78 is 49.0. The van der Waals surface area contributed by atoms with Crippen molar-refractivity contribution in [2.24, 2.45) is 0 Å². The standard InChI is InChI=1S/C29H30Cl2F3N5O3/c1-4-20(40)36-8-9-38-17(11-36)13-42-25-22(27(38)41)26(35-24(23(25)31)21-18(30)6-5-7-19(21)32)39-12-16(10-28(39,2)3)37-14-29(33,34)15-37/h4-7,16-17H,1,8-15H2,2-3H3. The summed E-state index contributed by atoms with van der Waals surface area (Å²) in [5.74, 6) is -3.74. The zero-order valence-electron chi connectivity index (χ0n) is 23.2. The summed E-state index contributed by atoms with van der Waals surface area (Å²) in [6, 6.07) is 3.53. The van der Waals surface area contributed by atoms with E-state index in [1.165, 1.54) is 24.3 Å². The van der Waals surface area contributed by atoms with E-state index in [0.29, 0.717) is 19.5 Å². The number of hydrogen-bond acceptors (Lipinski definition) is 6. The number of aromatic nitrogens is 1. The molecule has 1 aromatic carbocycles. The van der Waals surface area contributed by atoms with Crippen LogP contribution in [0, 0.1) is 5.82 Å². The molecule has 4 aliphatic heterocycles. The van der Waals surface area contributed by atoms with Crippen LogP contribution in [-0.2, 0) is 4.79 Å². The van der Waals surface area contributed by atoms with Gasteiger partial charge in [-0.05, 0) is 38.5 Å². The zero-order valence-corrected chi connectivity index (χ0v) is 24.7. The molecule has 0 spiro atoms. The highest BCUT2D eigenvalue weighted by molar-refractivity contribution is 6.37. The third-order valence-corrected chi connectivity index (χ3v) is 9.30. The molecule has 224 valence electrons. The Morgan fingerprint density at radius 1 is 1.14 bits per heavy atom. The molecule has 5 heterocycles. The molecular weight excluding hydrogens is 594 g/mol. The van der Waals surface area contributed by atoms with Crippen LogP contribution in [0.5, 0.6) is 5.75 Å². The third-order valence-electron chi connectivity index (χ3n) is 8.64. The molecule has 3 saturated heterocycles. The van der Waals surface area contributed by atoms with Crippen LogP contribution < -0.4 is 9.64 Å². The predicted octanol–water partition coefficient (Wildman–Crippen LogP) is 4.73. The van der Waals surface area contributed by atoms with Gasteiger partial charge in [-0.3, -0.25) is 14.5 Å². The van der Waals surface area contributed by atoms with E-state index in [1.807, 2.05) is 18.7 Å². The highest BCUT2D eigenvalue weighted by atomic mass is 35.5. The molecule has 0 N–H and O–H groups in total. The molecule has 0 saturated carbocycles. The molecule has 4 aliphatic rings. The van der Waals surface area contributed by atoms with E-state index in [-0.39, 0.29) is 89.1 Å². The molecule has 2 unspecified atom stereocenters. The monoisotopic (exact) mass is 623 g/mol. The van der Waals surface area contributed by atoms with Crippen molar-refractivity contribution in [2.45, 2.75) is 43.8 Å². The summed E-state index contributed by atoms with van der Waals surface area (Å²) in [6.07, 6.45) is 1.77. The van der Waals surface area contributed by atoms with Gasteiger partial charge in [0.2, 0.25) is 5.91 Å². The second-order valence-corrected chi connectivity index (χ2v) is 12.7. The van der Waals surface area contributed by atoms with E-state index < -0.39 is 23.3 Å². The maximum Gasteiger partial charge on any atom is 0.272 e. The van der Waals surface area contributed by atoms with Crippen molar-refractivity contribution in [1.29, 1.82) is 0 Å². The summed E-state index contributed by atoms with van der Waals surface area (Å²) in [5, 5.41) is 0.0107. The van der Waals surface area contributed by atoms with E-state index in [2.05, 4.69) is 6.58 Å².